The first kappa shape index (κ1) is 17.9. The van der Waals surface area contributed by atoms with Gasteiger partial charge in [-0.2, -0.15) is 0 Å². The molecule has 2 saturated carbocycles. The van der Waals surface area contributed by atoms with E-state index in [-0.39, 0.29) is 42.0 Å². The van der Waals surface area contributed by atoms with E-state index in [0.717, 1.165) is 6.42 Å². The van der Waals surface area contributed by atoms with E-state index in [0.29, 0.717) is 26.6 Å². The number of imidazole rings is 1. The Morgan fingerprint density at radius 1 is 1.38 bits per heavy atom. The number of aromatic nitrogens is 4. The second kappa shape index (κ2) is 6.29. The summed E-state index contributed by atoms with van der Waals surface area (Å²) in [7, 11) is 0. The van der Waals surface area contributed by atoms with E-state index in [1.165, 1.54) is 13.8 Å². The molecule has 0 aromatic carbocycles. The van der Waals surface area contributed by atoms with Crippen molar-refractivity contribution in [3.8, 4) is 0 Å². The number of carbonyl (C=O) groups is 2. The van der Waals surface area contributed by atoms with Crippen LogP contribution in [0.4, 0.5) is 0 Å². The lowest BCUT2D eigenvalue weighted by Gasteiger charge is -2.23. The van der Waals surface area contributed by atoms with Crippen molar-refractivity contribution in [1.29, 1.82) is 0 Å². The molecule has 2 aliphatic carbocycles. The fourth-order valence-electron chi connectivity index (χ4n) is 4.13. The monoisotopic (exact) mass is 490 g/mol. The van der Waals surface area contributed by atoms with Gasteiger partial charge < -0.3 is 14.0 Å². The number of fused-ring (bicyclic) bond motifs is 2. The highest BCUT2D eigenvalue weighted by Crippen LogP contribution is 2.68. The van der Waals surface area contributed by atoms with Crippen molar-refractivity contribution in [2.45, 2.75) is 38.8 Å². The standard InChI is InChI=1S/C16H16ClIN4O4/c1-7(23)25-5-16-4-9(16)10(3-11(16)26-8(2)24)22-6-19-12-13(17)20-15(18)21-14(12)22/h6,9-11H,3-5H2,1-2H3/t9-,10-,11+,16+/m1/s1. The molecule has 8 nitrogen and oxygen atoms in total. The van der Waals surface area contributed by atoms with E-state index < -0.39 is 0 Å². The average Bonchev–Trinajstić information content (AvgIpc) is 3.01. The van der Waals surface area contributed by atoms with E-state index in [9.17, 15) is 9.59 Å². The number of halogens is 2. The Labute approximate surface area is 167 Å². The van der Waals surface area contributed by atoms with Gasteiger partial charge >= 0.3 is 11.9 Å². The van der Waals surface area contributed by atoms with Crippen LogP contribution in [0, 0.1) is 15.2 Å². The summed E-state index contributed by atoms with van der Waals surface area (Å²) in [5, 5.41) is 0.314. The van der Waals surface area contributed by atoms with Crippen LogP contribution >= 0.6 is 34.2 Å². The van der Waals surface area contributed by atoms with Gasteiger partial charge in [0.15, 0.2) is 14.6 Å². The molecule has 4 rings (SSSR count). The van der Waals surface area contributed by atoms with Gasteiger partial charge in [-0.05, 0) is 12.3 Å². The second-order valence-electron chi connectivity index (χ2n) is 6.83. The average molecular weight is 491 g/mol. The van der Waals surface area contributed by atoms with Crippen LogP contribution in [0.1, 0.15) is 32.7 Å². The highest BCUT2D eigenvalue weighted by molar-refractivity contribution is 14.1. The number of nitrogens with zero attached hydrogens (tertiary/aromatic N) is 4. The molecule has 2 aromatic rings. The van der Waals surface area contributed by atoms with Crippen LogP contribution < -0.4 is 0 Å². The number of hydrogen-bond acceptors (Lipinski definition) is 7. The zero-order valence-electron chi connectivity index (χ0n) is 14.1. The summed E-state index contributed by atoms with van der Waals surface area (Å²) in [6.45, 7) is 3.03. The molecule has 0 aliphatic heterocycles. The van der Waals surface area contributed by atoms with E-state index in [1.54, 1.807) is 6.33 Å². The Balaban J connectivity index is 1.69. The van der Waals surface area contributed by atoms with Gasteiger partial charge in [0.25, 0.3) is 0 Å². The van der Waals surface area contributed by atoms with Crippen LogP contribution in [-0.2, 0) is 19.1 Å². The third kappa shape index (κ3) is 2.84. The lowest BCUT2D eigenvalue weighted by atomic mass is 10.0. The lowest BCUT2D eigenvalue weighted by molar-refractivity contribution is -0.153. The molecule has 0 bridgehead atoms. The van der Waals surface area contributed by atoms with Gasteiger partial charge in [0.1, 0.15) is 18.2 Å². The van der Waals surface area contributed by atoms with Gasteiger partial charge in [-0.25, -0.2) is 15.0 Å². The van der Waals surface area contributed by atoms with Gasteiger partial charge in [-0.15, -0.1) is 0 Å². The molecule has 2 fully saturated rings. The topological polar surface area (TPSA) is 96.2 Å². The Bertz CT molecular complexity index is 919. The first-order chi connectivity index (χ1) is 12.3. The zero-order chi connectivity index (χ0) is 18.6. The molecule has 0 unspecified atom stereocenters. The number of esters is 2. The van der Waals surface area contributed by atoms with Crippen LogP contribution in [-0.4, -0.2) is 44.2 Å². The summed E-state index contributed by atoms with van der Waals surface area (Å²) in [6, 6.07) is 0.0432. The number of ether oxygens (including phenoxy) is 2. The zero-order valence-corrected chi connectivity index (χ0v) is 17.0. The highest BCUT2D eigenvalue weighted by Gasteiger charge is 2.70. The van der Waals surface area contributed by atoms with Gasteiger partial charge in [0.2, 0.25) is 0 Å². The molecular weight excluding hydrogens is 475 g/mol. The Kier molecular flexibility index (Phi) is 4.33. The minimum absolute atomic E-state index is 0.0432. The molecule has 10 heteroatoms. The summed E-state index contributed by atoms with van der Waals surface area (Å²) < 4.78 is 13.4. The van der Waals surface area contributed by atoms with Gasteiger partial charge in [-0.1, -0.05) is 11.6 Å². The van der Waals surface area contributed by atoms with Crippen LogP contribution in [0.25, 0.3) is 11.2 Å². The third-order valence-corrected chi connectivity index (χ3v) is 6.05. The molecular formula is C16H16ClIN4O4. The van der Waals surface area contributed by atoms with Crippen molar-refractivity contribution in [2.75, 3.05) is 6.61 Å². The molecule has 0 amide bonds. The second-order valence-corrected chi connectivity index (χ2v) is 8.16. The molecule has 2 aliphatic rings. The maximum Gasteiger partial charge on any atom is 0.302 e. The minimum atomic E-state index is -0.336. The summed E-state index contributed by atoms with van der Waals surface area (Å²) in [6.07, 6.45) is 2.84. The molecule has 0 N–H and O–H groups in total. The summed E-state index contributed by atoms with van der Waals surface area (Å²) in [5.41, 5.74) is 0.883. The Hall–Kier alpha value is -1.49. The van der Waals surface area contributed by atoms with Crippen LogP contribution in [0.3, 0.4) is 0 Å². The van der Waals surface area contributed by atoms with Gasteiger partial charge in [-0.3, -0.25) is 9.59 Å². The normalized spacial score (nSPS) is 29.5. The number of hydrogen-bond donors (Lipinski definition) is 0. The molecule has 2 aromatic heterocycles. The van der Waals surface area contributed by atoms with Crippen molar-refractivity contribution in [1.82, 2.24) is 19.5 Å². The maximum absolute atomic E-state index is 11.6. The number of rotatable bonds is 4. The lowest BCUT2D eigenvalue weighted by Crippen LogP contribution is -2.29. The van der Waals surface area contributed by atoms with Crippen LogP contribution in [0.15, 0.2) is 6.33 Å². The predicted molar refractivity (Wildman–Crippen MR) is 99.4 cm³/mol. The van der Waals surface area contributed by atoms with Gasteiger partial charge in [0, 0.05) is 54.3 Å². The quantitative estimate of drug-likeness (QED) is 0.281. The first-order valence-corrected chi connectivity index (χ1v) is 9.63. The van der Waals surface area contributed by atoms with Crippen LogP contribution in [0.5, 0.6) is 0 Å². The Morgan fingerprint density at radius 2 is 2.15 bits per heavy atom. The molecule has 26 heavy (non-hydrogen) atoms. The summed E-state index contributed by atoms with van der Waals surface area (Å²) in [5.74, 6) is -0.453. The third-order valence-electron chi connectivity index (χ3n) is 5.30. The van der Waals surface area contributed by atoms with E-state index in [1.807, 2.05) is 27.2 Å². The van der Waals surface area contributed by atoms with Gasteiger partial charge in [0.05, 0.1) is 6.33 Å². The largest absolute Gasteiger partial charge is 0.465 e. The fraction of sp³-hybridized carbons (Fsp3) is 0.562. The minimum Gasteiger partial charge on any atom is -0.465 e. The molecule has 4 atom stereocenters. The molecule has 0 saturated heterocycles. The van der Waals surface area contributed by atoms with Crippen molar-refractivity contribution in [3.63, 3.8) is 0 Å². The van der Waals surface area contributed by atoms with Crippen molar-refractivity contribution in [3.05, 3.63) is 15.3 Å². The molecule has 138 valence electrons. The maximum atomic E-state index is 11.6. The van der Waals surface area contributed by atoms with E-state index >= 15 is 0 Å². The first-order valence-electron chi connectivity index (χ1n) is 8.18. The van der Waals surface area contributed by atoms with E-state index in [2.05, 4.69) is 15.0 Å². The Morgan fingerprint density at radius 3 is 2.85 bits per heavy atom. The van der Waals surface area contributed by atoms with Crippen molar-refractivity contribution >= 4 is 57.3 Å². The highest BCUT2D eigenvalue weighted by atomic mass is 127. The molecule has 0 radical (unpaired) electrons. The molecule has 0 spiro atoms. The van der Waals surface area contributed by atoms with Crippen molar-refractivity contribution < 1.29 is 19.1 Å². The van der Waals surface area contributed by atoms with Crippen molar-refractivity contribution in [2.24, 2.45) is 11.3 Å². The predicted octanol–water partition coefficient (Wildman–Crippen LogP) is 2.53. The summed E-state index contributed by atoms with van der Waals surface area (Å²) in [4.78, 5) is 35.8. The number of carbonyl (C=O) groups excluding carboxylic acids is 2. The SMILES string of the molecule is CC(=O)OC[C@@]12C[C@@H]1[C@H](n1cnc3c(Cl)nc(I)nc31)C[C@@H]2OC(C)=O. The molecule has 2 heterocycles. The fourth-order valence-corrected chi connectivity index (χ4v) is 4.95. The van der Waals surface area contributed by atoms with Crippen LogP contribution in [0.2, 0.25) is 5.15 Å². The smallest absolute Gasteiger partial charge is 0.302 e. The summed E-state index contributed by atoms with van der Waals surface area (Å²) >= 11 is 8.20. The van der Waals surface area contributed by atoms with E-state index in [4.69, 9.17) is 21.1 Å².